The Balaban J connectivity index is 1.13. The van der Waals surface area contributed by atoms with Crippen LogP contribution >= 0.6 is 0 Å². The lowest BCUT2D eigenvalue weighted by Gasteiger charge is -2.32. The number of benzene rings is 1. The number of imide groups is 1. The van der Waals surface area contributed by atoms with Crippen molar-refractivity contribution in [1.82, 2.24) is 30.0 Å². The van der Waals surface area contributed by atoms with Gasteiger partial charge < -0.3 is 10.4 Å². The number of pyridine rings is 2. The van der Waals surface area contributed by atoms with Gasteiger partial charge in [0, 0.05) is 67.8 Å². The van der Waals surface area contributed by atoms with Gasteiger partial charge in [-0.2, -0.15) is 18.3 Å². The van der Waals surface area contributed by atoms with Crippen molar-refractivity contribution in [3.63, 3.8) is 0 Å². The van der Waals surface area contributed by atoms with Crippen LogP contribution in [0.4, 0.5) is 29.5 Å². The quantitative estimate of drug-likeness (QED) is 0.263. The Bertz CT molecular complexity index is 1830. The molecule has 5 heterocycles. The molecule has 3 N–H and O–H groups in total. The van der Waals surface area contributed by atoms with Gasteiger partial charge in [-0.15, -0.1) is 0 Å². The van der Waals surface area contributed by atoms with E-state index in [-0.39, 0.29) is 30.5 Å². The minimum Gasteiger partial charge on any atom is -0.386 e. The molecule has 0 bridgehead atoms. The zero-order valence-electron chi connectivity index (χ0n) is 25.7. The van der Waals surface area contributed by atoms with E-state index in [1.54, 1.807) is 32.2 Å². The number of carbonyl (C=O) groups excluding carboxylic acids is 3. The molecule has 3 aromatic heterocycles. The highest BCUT2D eigenvalue weighted by Crippen LogP contribution is 2.34. The molecule has 4 aromatic rings. The number of likely N-dealkylation sites (tertiary alicyclic amines) is 1. The number of halogens is 3. The zero-order valence-corrected chi connectivity index (χ0v) is 25.7. The summed E-state index contributed by atoms with van der Waals surface area (Å²) in [6, 6.07) is 8.64. The third kappa shape index (κ3) is 7.10. The molecule has 2 aliphatic rings. The van der Waals surface area contributed by atoms with Crippen LogP contribution in [-0.4, -0.2) is 67.2 Å². The van der Waals surface area contributed by atoms with Crippen molar-refractivity contribution in [2.24, 2.45) is 0 Å². The number of anilines is 2. The largest absolute Gasteiger partial charge is 0.433 e. The fraction of sp³-hybridized carbons (Fsp3) is 0.375. The molecule has 0 spiro atoms. The fourth-order valence-corrected chi connectivity index (χ4v) is 5.87. The molecule has 2 saturated heterocycles. The molecule has 2 fully saturated rings. The molecule has 1 aromatic carbocycles. The number of nitrogens with zero attached hydrogens (tertiary/aromatic N) is 6. The topological polar surface area (TPSA) is 146 Å². The van der Waals surface area contributed by atoms with E-state index in [9.17, 15) is 32.7 Å². The van der Waals surface area contributed by atoms with Crippen LogP contribution in [0.25, 0.3) is 10.9 Å². The lowest BCUT2D eigenvalue weighted by Crippen LogP contribution is -2.49. The van der Waals surface area contributed by atoms with Crippen molar-refractivity contribution in [3.8, 4) is 0 Å². The predicted molar refractivity (Wildman–Crippen MR) is 165 cm³/mol. The van der Waals surface area contributed by atoms with Crippen LogP contribution in [0.3, 0.4) is 0 Å². The number of hydrogen-bond donors (Lipinski definition) is 3. The SMILES string of the molecule is CC(C)(O)c1cc2nn(C3CCN(Cc4ccnc(N5CCC(=O)NC5=O)c4)CC3)cc2cc1NC(=O)c1ccc(C(F)(F)F)nc1. The molecule has 12 nitrogen and oxygen atoms in total. The summed E-state index contributed by atoms with van der Waals surface area (Å²) >= 11 is 0. The Morgan fingerprint density at radius 2 is 1.83 bits per heavy atom. The van der Waals surface area contributed by atoms with Crippen LogP contribution in [0.5, 0.6) is 0 Å². The van der Waals surface area contributed by atoms with Crippen LogP contribution in [0.1, 0.15) is 66.3 Å². The van der Waals surface area contributed by atoms with E-state index in [2.05, 4.69) is 25.5 Å². The molecule has 4 amide bonds. The number of carbonyl (C=O) groups is 3. The third-order valence-corrected chi connectivity index (χ3v) is 8.36. The summed E-state index contributed by atoms with van der Waals surface area (Å²) in [6.07, 6.45) is 1.68. The van der Waals surface area contributed by atoms with Crippen LogP contribution < -0.4 is 15.5 Å². The lowest BCUT2D eigenvalue weighted by atomic mass is 9.95. The molecule has 47 heavy (non-hydrogen) atoms. The number of rotatable bonds is 7. The van der Waals surface area contributed by atoms with Gasteiger partial charge in [0.1, 0.15) is 11.5 Å². The first-order valence-electron chi connectivity index (χ1n) is 15.1. The number of piperidine rings is 1. The first kappa shape index (κ1) is 32.1. The fourth-order valence-electron chi connectivity index (χ4n) is 5.87. The Labute approximate surface area is 267 Å². The number of nitrogens with one attached hydrogen (secondary N) is 2. The van der Waals surface area contributed by atoms with Crippen molar-refractivity contribution in [2.75, 3.05) is 29.9 Å². The summed E-state index contributed by atoms with van der Waals surface area (Å²) in [7, 11) is 0. The summed E-state index contributed by atoms with van der Waals surface area (Å²) in [5, 5.41) is 21.4. The van der Waals surface area contributed by atoms with Gasteiger partial charge >= 0.3 is 12.2 Å². The van der Waals surface area contributed by atoms with Crippen LogP contribution in [0.15, 0.2) is 55.0 Å². The highest BCUT2D eigenvalue weighted by Gasteiger charge is 2.32. The van der Waals surface area contributed by atoms with Gasteiger partial charge in [-0.25, -0.2) is 9.78 Å². The number of urea groups is 1. The molecule has 0 radical (unpaired) electrons. The van der Waals surface area contributed by atoms with Gasteiger partial charge in [0.2, 0.25) is 5.91 Å². The first-order chi connectivity index (χ1) is 22.2. The second kappa shape index (κ2) is 12.4. The highest BCUT2D eigenvalue weighted by molar-refractivity contribution is 6.06. The maximum absolute atomic E-state index is 13.0. The van der Waals surface area contributed by atoms with Crippen molar-refractivity contribution in [3.05, 3.63) is 77.4 Å². The summed E-state index contributed by atoms with van der Waals surface area (Å²) in [4.78, 5) is 48.2. The summed E-state index contributed by atoms with van der Waals surface area (Å²) < 4.78 is 40.6. The van der Waals surface area contributed by atoms with E-state index in [1.165, 1.54) is 4.90 Å². The van der Waals surface area contributed by atoms with E-state index >= 15 is 0 Å². The molecule has 246 valence electrons. The smallest absolute Gasteiger partial charge is 0.386 e. The Kier molecular flexibility index (Phi) is 8.44. The number of aromatic nitrogens is 4. The Morgan fingerprint density at radius 1 is 1.06 bits per heavy atom. The van der Waals surface area contributed by atoms with Crippen molar-refractivity contribution in [2.45, 2.75) is 57.5 Å². The standard InChI is InChI=1S/C32H33F3N8O4/c1-31(2,47)23-15-24-21(14-25(23)38-29(45)20-3-4-26(37-16-20)32(33,34)35)18-43(40-24)22-6-10-41(11-7-22)17-19-5-9-36-27(13-19)42-12-8-28(44)39-30(42)46/h3-5,9,13-16,18,22,47H,6-8,10-12,17H2,1-2H3,(H,38,45)(H,39,44,46). The molecule has 0 saturated carbocycles. The first-order valence-corrected chi connectivity index (χ1v) is 15.1. The van der Waals surface area contributed by atoms with Crippen LogP contribution in [-0.2, 0) is 23.1 Å². The van der Waals surface area contributed by atoms with Gasteiger partial charge in [0.15, 0.2) is 0 Å². The van der Waals surface area contributed by atoms with E-state index in [1.807, 2.05) is 23.0 Å². The lowest BCUT2D eigenvalue weighted by molar-refractivity contribution is -0.141. The second-order valence-corrected chi connectivity index (χ2v) is 12.3. The predicted octanol–water partition coefficient (Wildman–Crippen LogP) is 4.61. The molecular weight excluding hydrogens is 617 g/mol. The molecule has 6 rings (SSSR count). The van der Waals surface area contributed by atoms with Crippen molar-refractivity contribution < 1.29 is 32.7 Å². The van der Waals surface area contributed by atoms with Crippen molar-refractivity contribution >= 4 is 40.3 Å². The van der Waals surface area contributed by atoms with Gasteiger partial charge in [0.05, 0.1) is 22.7 Å². The summed E-state index contributed by atoms with van der Waals surface area (Å²) in [5.74, 6) is -0.455. The molecule has 0 unspecified atom stereocenters. The van der Waals surface area contributed by atoms with E-state index in [4.69, 9.17) is 5.10 Å². The second-order valence-electron chi connectivity index (χ2n) is 12.3. The Hall–Kier alpha value is -4.89. The number of alkyl halides is 3. The number of amides is 4. The molecular formula is C32H33F3N8O4. The molecule has 2 aliphatic heterocycles. The van der Waals surface area contributed by atoms with E-state index < -0.39 is 29.4 Å². The van der Waals surface area contributed by atoms with Gasteiger partial charge in [-0.05, 0) is 68.7 Å². The zero-order chi connectivity index (χ0) is 33.5. The van der Waals surface area contributed by atoms with Gasteiger partial charge in [-0.3, -0.25) is 34.4 Å². The summed E-state index contributed by atoms with van der Waals surface area (Å²) in [6.45, 7) is 5.70. The maximum atomic E-state index is 13.0. The van der Waals surface area contributed by atoms with E-state index in [0.717, 1.165) is 55.2 Å². The average molecular weight is 651 g/mol. The van der Waals surface area contributed by atoms with E-state index in [0.29, 0.717) is 29.1 Å². The monoisotopic (exact) mass is 650 g/mol. The third-order valence-electron chi connectivity index (χ3n) is 8.36. The number of aliphatic hydroxyl groups is 1. The van der Waals surface area contributed by atoms with Crippen LogP contribution in [0, 0.1) is 0 Å². The van der Waals surface area contributed by atoms with Gasteiger partial charge in [-0.1, -0.05) is 0 Å². The molecule has 0 aliphatic carbocycles. The van der Waals surface area contributed by atoms with Crippen molar-refractivity contribution in [1.29, 1.82) is 0 Å². The maximum Gasteiger partial charge on any atom is 0.433 e. The molecule has 15 heteroatoms. The molecule has 0 atom stereocenters. The minimum absolute atomic E-state index is 0.0567. The normalized spacial score (nSPS) is 16.9. The Morgan fingerprint density at radius 3 is 2.49 bits per heavy atom. The van der Waals surface area contributed by atoms with Crippen LogP contribution in [0.2, 0.25) is 0 Å². The summed E-state index contributed by atoms with van der Waals surface area (Å²) in [5.41, 5.74) is -0.153. The average Bonchev–Trinajstić information content (AvgIpc) is 3.43. The minimum atomic E-state index is -4.62. The number of hydrogen-bond acceptors (Lipinski definition) is 8. The van der Waals surface area contributed by atoms with Gasteiger partial charge in [0.25, 0.3) is 5.91 Å². The highest BCUT2D eigenvalue weighted by atomic mass is 19.4. The number of fused-ring (bicyclic) bond motifs is 1.